The van der Waals surface area contributed by atoms with Gasteiger partial charge in [0.1, 0.15) is 4.88 Å². The van der Waals surface area contributed by atoms with Gasteiger partial charge in [-0.3, -0.25) is 4.79 Å². The van der Waals surface area contributed by atoms with Crippen molar-refractivity contribution in [3.63, 3.8) is 0 Å². The van der Waals surface area contributed by atoms with Crippen LogP contribution in [0.1, 0.15) is 21.7 Å². The van der Waals surface area contributed by atoms with Crippen molar-refractivity contribution in [3.05, 3.63) is 46.2 Å². The molecule has 0 bridgehead atoms. The van der Waals surface area contributed by atoms with Crippen LogP contribution >= 0.6 is 11.3 Å². The molecule has 1 heterocycles. The van der Waals surface area contributed by atoms with E-state index in [2.05, 4.69) is 10.1 Å². The molecule has 0 atom stereocenters. The summed E-state index contributed by atoms with van der Waals surface area (Å²) in [5.41, 5.74) is 7.84. The molecule has 110 valence electrons. The second-order valence-electron chi connectivity index (χ2n) is 4.44. The highest BCUT2D eigenvalue weighted by Gasteiger charge is 2.15. The first-order valence-electron chi connectivity index (χ1n) is 6.40. The van der Waals surface area contributed by atoms with Crippen molar-refractivity contribution in [3.8, 4) is 0 Å². The third-order valence-corrected chi connectivity index (χ3v) is 3.83. The molecule has 21 heavy (non-hydrogen) atoms. The number of nitrogen functional groups attached to an aromatic ring is 1. The van der Waals surface area contributed by atoms with Gasteiger partial charge in [-0.2, -0.15) is 0 Å². The molecule has 0 fully saturated rings. The van der Waals surface area contributed by atoms with Crippen molar-refractivity contribution in [2.75, 3.05) is 18.2 Å². The number of rotatable bonds is 5. The van der Waals surface area contributed by atoms with E-state index < -0.39 is 5.97 Å². The first-order valence-corrected chi connectivity index (χ1v) is 7.28. The van der Waals surface area contributed by atoms with Crippen LogP contribution in [0.25, 0.3) is 0 Å². The number of methoxy groups -OCH3 is 1. The van der Waals surface area contributed by atoms with Crippen LogP contribution in [0.4, 0.5) is 11.4 Å². The number of hydrogen-bond donors (Lipinski definition) is 2. The summed E-state index contributed by atoms with van der Waals surface area (Å²) in [7, 11) is 1.31. The lowest BCUT2D eigenvalue weighted by molar-refractivity contribution is -0.116. The number of hydrogen-bond acceptors (Lipinski definition) is 5. The van der Waals surface area contributed by atoms with Gasteiger partial charge in [0.2, 0.25) is 5.91 Å². The van der Waals surface area contributed by atoms with Crippen molar-refractivity contribution in [2.45, 2.75) is 12.8 Å². The van der Waals surface area contributed by atoms with E-state index in [0.29, 0.717) is 29.1 Å². The molecule has 3 N–H and O–H groups in total. The van der Waals surface area contributed by atoms with Gasteiger partial charge in [-0.25, -0.2) is 4.79 Å². The fraction of sp³-hybridized carbons (Fsp3) is 0.200. The molecule has 0 saturated heterocycles. The third kappa shape index (κ3) is 4.06. The van der Waals surface area contributed by atoms with Crippen LogP contribution in [0.3, 0.4) is 0 Å². The molecule has 6 heteroatoms. The minimum Gasteiger partial charge on any atom is -0.465 e. The van der Waals surface area contributed by atoms with Crippen LogP contribution in [0.5, 0.6) is 0 Å². The van der Waals surface area contributed by atoms with Crippen molar-refractivity contribution in [2.24, 2.45) is 0 Å². The summed E-state index contributed by atoms with van der Waals surface area (Å²) < 4.78 is 4.67. The monoisotopic (exact) mass is 304 g/mol. The van der Waals surface area contributed by atoms with E-state index in [-0.39, 0.29) is 5.91 Å². The van der Waals surface area contributed by atoms with Gasteiger partial charge in [0.05, 0.1) is 12.8 Å². The second kappa shape index (κ2) is 6.90. The van der Waals surface area contributed by atoms with Gasteiger partial charge >= 0.3 is 5.97 Å². The largest absolute Gasteiger partial charge is 0.465 e. The average Bonchev–Trinajstić information content (AvgIpc) is 2.94. The van der Waals surface area contributed by atoms with Crippen molar-refractivity contribution in [1.82, 2.24) is 0 Å². The number of benzene rings is 1. The maximum atomic E-state index is 11.9. The molecule has 0 aliphatic carbocycles. The summed E-state index contributed by atoms with van der Waals surface area (Å²) in [6, 6.07) is 9.10. The quantitative estimate of drug-likeness (QED) is 0.657. The normalized spacial score (nSPS) is 10.1. The van der Waals surface area contributed by atoms with E-state index in [1.807, 2.05) is 24.3 Å². The third-order valence-electron chi connectivity index (χ3n) is 2.93. The molecular weight excluding hydrogens is 288 g/mol. The van der Waals surface area contributed by atoms with Gasteiger partial charge in [0.15, 0.2) is 0 Å². The minimum atomic E-state index is -0.446. The maximum Gasteiger partial charge on any atom is 0.350 e. The highest BCUT2D eigenvalue weighted by Crippen LogP contribution is 2.23. The summed E-state index contributed by atoms with van der Waals surface area (Å²) in [4.78, 5) is 23.8. The van der Waals surface area contributed by atoms with E-state index in [0.717, 1.165) is 5.56 Å². The zero-order valence-electron chi connectivity index (χ0n) is 11.6. The van der Waals surface area contributed by atoms with Gasteiger partial charge in [0.25, 0.3) is 0 Å². The van der Waals surface area contributed by atoms with E-state index in [1.165, 1.54) is 18.4 Å². The van der Waals surface area contributed by atoms with Crippen LogP contribution in [0, 0.1) is 0 Å². The lowest BCUT2D eigenvalue weighted by atomic mass is 10.1. The zero-order valence-corrected chi connectivity index (χ0v) is 12.4. The number of carbonyl (C=O) groups is 2. The molecular formula is C15H16N2O3S. The molecule has 1 amide bonds. The fourth-order valence-corrected chi connectivity index (χ4v) is 2.58. The van der Waals surface area contributed by atoms with E-state index in [1.54, 1.807) is 11.4 Å². The number of anilines is 2. The van der Waals surface area contributed by atoms with Gasteiger partial charge < -0.3 is 15.8 Å². The number of amides is 1. The molecule has 0 spiro atoms. The molecule has 1 aromatic carbocycles. The molecule has 1 aromatic heterocycles. The Morgan fingerprint density at radius 3 is 2.62 bits per heavy atom. The Morgan fingerprint density at radius 1 is 1.24 bits per heavy atom. The molecule has 0 unspecified atom stereocenters. The summed E-state index contributed by atoms with van der Waals surface area (Å²) in [5, 5.41) is 4.47. The first-order chi connectivity index (χ1) is 10.1. The summed E-state index contributed by atoms with van der Waals surface area (Å²) in [6.07, 6.45) is 0.949. The Hall–Kier alpha value is -2.34. The number of carbonyl (C=O) groups excluding carboxylic acids is 2. The Balaban J connectivity index is 1.92. The van der Waals surface area contributed by atoms with Crippen LogP contribution in [0.2, 0.25) is 0 Å². The topological polar surface area (TPSA) is 81.4 Å². The Morgan fingerprint density at radius 2 is 1.95 bits per heavy atom. The van der Waals surface area contributed by atoms with Crippen LogP contribution in [-0.4, -0.2) is 19.0 Å². The van der Waals surface area contributed by atoms with Gasteiger partial charge in [-0.1, -0.05) is 12.1 Å². The fourth-order valence-electron chi connectivity index (χ4n) is 1.81. The molecule has 0 aliphatic rings. The summed E-state index contributed by atoms with van der Waals surface area (Å²) in [5.74, 6) is -0.589. The minimum absolute atomic E-state index is 0.143. The number of nitrogens with one attached hydrogen (secondary N) is 1. The van der Waals surface area contributed by atoms with Crippen LogP contribution in [-0.2, 0) is 16.0 Å². The van der Waals surface area contributed by atoms with Crippen LogP contribution < -0.4 is 11.1 Å². The molecule has 0 radical (unpaired) electrons. The lowest BCUT2D eigenvalue weighted by Crippen LogP contribution is -2.14. The SMILES string of the molecule is COC(=O)c1sccc1NC(=O)CCc1ccc(N)cc1. The summed E-state index contributed by atoms with van der Waals surface area (Å²) >= 11 is 1.24. The average molecular weight is 304 g/mol. The molecule has 2 rings (SSSR count). The predicted octanol–water partition coefficient (Wildman–Crippen LogP) is 2.69. The standard InChI is InChI=1S/C15H16N2O3S/c1-20-15(19)14-12(8-9-21-14)17-13(18)7-4-10-2-5-11(16)6-3-10/h2-3,5-6,8-9H,4,7,16H2,1H3,(H,17,18). The van der Waals surface area contributed by atoms with Crippen molar-refractivity contribution >= 4 is 34.6 Å². The number of thiophene rings is 1. The molecule has 0 saturated carbocycles. The zero-order chi connectivity index (χ0) is 15.2. The second-order valence-corrected chi connectivity index (χ2v) is 5.36. The highest BCUT2D eigenvalue weighted by molar-refractivity contribution is 7.12. The summed E-state index contributed by atoms with van der Waals surface area (Å²) in [6.45, 7) is 0. The Labute approximate surface area is 126 Å². The van der Waals surface area contributed by atoms with Gasteiger partial charge in [0, 0.05) is 12.1 Å². The molecule has 5 nitrogen and oxygen atoms in total. The number of esters is 1. The lowest BCUT2D eigenvalue weighted by Gasteiger charge is -2.06. The number of aryl methyl sites for hydroxylation is 1. The van der Waals surface area contributed by atoms with Crippen molar-refractivity contribution in [1.29, 1.82) is 0 Å². The number of nitrogens with two attached hydrogens (primary N) is 1. The van der Waals surface area contributed by atoms with Gasteiger partial charge in [-0.05, 0) is 35.6 Å². The maximum absolute atomic E-state index is 11.9. The van der Waals surface area contributed by atoms with Crippen LogP contribution in [0.15, 0.2) is 35.7 Å². The van der Waals surface area contributed by atoms with E-state index >= 15 is 0 Å². The van der Waals surface area contributed by atoms with Gasteiger partial charge in [-0.15, -0.1) is 11.3 Å². The smallest absolute Gasteiger partial charge is 0.350 e. The Kier molecular flexibility index (Phi) is 4.94. The first kappa shape index (κ1) is 15.1. The van der Waals surface area contributed by atoms with E-state index in [9.17, 15) is 9.59 Å². The Bertz CT molecular complexity index is 635. The predicted molar refractivity (Wildman–Crippen MR) is 83.5 cm³/mol. The highest BCUT2D eigenvalue weighted by atomic mass is 32.1. The van der Waals surface area contributed by atoms with E-state index in [4.69, 9.17) is 5.73 Å². The van der Waals surface area contributed by atoms with Crippen molar-refractivity contribution < 1.29 is 14.3 Å². The molecule has 2 aromatic rings. The number of ether oxygens (including phenoxy) is 1. The molecule has 0 aliphatic heterocycles.